The molecule has 0 saturated carbocycles. The zero-order valence-electron chi connectivity index (χ0n) is 32.6. The number of likely N-dealkylation sites (N-methyl/N-ethyl adjacent to an activating group) is 1. The first kappa shape index (κ1) is 48.9. The van der Waals surface area contributed by atoms with Crippen LogP contribution in [0.2, 0.25) is 0 Å². The zero-order chi connectivity index (χ0) is 38.1. The van der Waals surface area contributed by atoms with Gasteiger partial charge >= 0.3 is 0 Å². The van der Waals surface area contributed by atoms with Crippen molar-refractivity contribution in [2.75, 3.05) is 40.9 Å². The van der Waals surface area contributed by atoms with Gasteiger partial charge in [0, 0.05) is 6.42 Å². The van der Waals surface area contributed by atoms with Crippen LogP contribution in [-0.4, -0.2) is 79.8 Å². The standard InChI is InChI=1S/C41H73N2O7P/c1-6-7-8-9-10-11-17-21-24-27-30-33-40(45)39(37-50-51(47,48)49-36-35-43(3,4)5)42-41(46)34-31-28-25-22-19-16-14-12-13-15-18-20-23-26-29-32-38(2)44/h13-17,20-23,25,30,33,38-40,44-45H,6-12,18-19,24,26-29,31-32,34-37H2,1-5H3,(H-,42,46,47,48)/b15-13-,16-14-,21-17-,23-20-,25-22-,33-30+/t38-,39-,40+/m0/s1. The molecule has 0 fully saturated rings. The highest BCUT2D eigenvalue weighted by molar-refractivity contribution is 7.45. The molecule has 0 aromatic carbocycles. The summed E-state index contributed by atoms with van der Waals surface area (Å²) in [6, 6.07) is -0.941. The van der Waals surface area contributed by atoms with Crippen molar-refractivity contribution in [1.29, 1.82) is 0 Å². The number of nitrogens with one attached hydrogen (secondary N) is 1. The Morgan fingerprint density at radius 2 is 1.27 bits per heavy atom. The number of aliphatic hydroxyl groups excluding tert-OH is 2. The van der Waals surface area contributed by atoms with Crippen LogP contribution in [-0.2, 0) is 18.4 Å². The maximum Gasteiger partial charge on any atom is 0.268 e. The molecule has 0 heterocycles. The van der Waals surface area contributed by atoms with Gasteiger partial charge in [-0.05, 0) is 84.0 Å². The number of quaternary nitrogens is 1. The Morgan fingerprint density at radius 1 is 0.745 bits per heavy atom. The van der Waals surface area contributed by atoms with Crippen molar-refractivity contribution in [1.82, 2.24) is 5.32 Å². The first-order chi connectivity index (χ1) is 24.4. The number of amides is 1. The van der Waals surface area contributed by atoms with E-state index in [-0.39, 0.29) is 25.0 Å². The summed E-state index contributed by atoms with van der Waals surface area (Å²) in [6.07, 6.45) is 39.5. The fourth-order valence-corrected chi connectivity index (χ4v) is 5.49. The van der Waals surface area contributed by atoms with Crippen LogP contribution in [0.25, 0.3) is 0 Å². The van der Waals surface area contributed by atoms with Gasteiger partial charge in [0.05, 0.1) is 46.0 Å². The summed E-state index contributed by atoms with van der Waals surface area (Å²) >= 11 is 0. The molecule has 9 nitrogen and oxygen atoms in total. The van der Waals surface area contributed by atoms with E-state index in [0.29, 0.717) is 17.4 Å². The second kappa shape index (κ2) is 32.5. The molecule has 294 valence electrons. The highest BCUT2D eigenvalue weighted by Gasteiger charge is 2.23. The number of rotatable bonds is 33. The van der Waals surface area contributed by atoms with E-state index in [1.807, 2.05) is 34.1 Å². The van der Waals surface area contributed by atoms with Gasteiger partial charge < -0.3 is 34.0 Å². The van der Waals surface area contributed by atoms with E-state index < -0.39 is 26.6 Å². The predicted molar refractivity (Wildman–Crippen MR) is 211 cm³/mol. The lowest BCUT2D eigenvalue weighted by atomic mass is 10.1. The molecule has 0 aliphatic carbocycles. The smallest absolute Gasteiger partial charge is 0.268 e. The van der Waals surface area contributed by atoms with Crippen molar-refractivity contribution in [2.45, 2.75) is 141 Å². The third-order valence-electron chi connectivity index (χ3n) is 7.91. The summed E-state index contributed by atoms with van der Waals surface area (Å²) in [6.45, 7) is 4.06. The van der Waals surface area contributed by atoms with Gasteiger partial charge in [-0.1, -0.05) is 106 Å². The monoisotopic (exact) mass is 737 g/mol. The molecular weight excluding hydrogens is 663 g/mol. The lowest BCUT2D eigenvalue weighted by Gasteiger charge is -2.29. The van der Waals surface area contributed by atoms with Crippen LogP contribution < -0.4 is 10.2 Å². The molecule has 0 spiro atoms. The molecule has 0 aromatic heterocycles. The molecule has 4 atom stereocenters. The van der Waals surface area contributed by atoms with Gasteiger partial charge in [0.15, 0.2) is 0 Å². The van der Waals surface area contributed by atoms with Crippen LogP contribution in [0.5, 0.6) is 0 Å². The Hall–Kier alpha value is -2.10. The molecular formula is C41H73N2O7P. The van der Waals surface area contributed by atoms with E-state index >= 15 is 0 Å². The number of unbranched alkanes of at least 4 members (excludes halogenated alkanes) is 8. The first-order valence-corrected chi connectivity index (χ1v) is 20.8. The third-order valence-corrected chi connectivity index (χ3v) is 8.87. The minimum Gasteiger partial charge on any atom is -0.756 e. The summed E-state index contributed by atoms with van der Waals surface area (Å²) in [5, 5.41) is 22.9. The van der Waals surface area contributed by atoms with Crippen LogP contribution in [0.1, 0.15) is 123 Å². The molecule has 0 rings (SSSR count). The number of carbonyl (C=O) groups excluding carboxylic acids is 1. The van der Waals surface area contributed by atoms with E-state index in [9.17, 15) is 24.5 Å². The fraction of sp³-hybridized carbons (Fsp3) is 0.683. The van der Waals surface area contributed by atoms with Crippen molar-refractivity contribution in [3.8, 4) is 0 Å². The van der Waals surface area contributed by atoms with Crippen LogP contribution in [0, 0.1) is 0 Å². The van der Waals surface area contributed by atoms with Gasteiger partial charge in [-0.25, -0.2) is 0 Å². The highest BCUT2D eigenvalue weighted by atomic mass is 31.2. The second-order valence-electron chi connectivity index (χ2n) is 14.2. The number of hydrogen-bond donors (Lipinski definition) is 3. The van der Waals surface area contributed by atoms with Gasteiger partial charge in [0.25, 0.3) is 7.82 Å². The molecule has 3 N–H and O–H groups in total. The average molecular weight is 737 g/mol. The van der Waals surface area contributed by atoms with Gasteiger partial charge in [0.1, 0.15) is 13.2 Å². The van der Waals surface area contributed by atoms with E-state index in [1.165, 1.54) is 32.1 Å². The molecule has 0 bridgehead atoms. The number of phosphoric ester groups is 1. The van der Waals surface area contributed by atoms with E-state index in [2.05, 4.69) is 73.0 Å². The molecule has 10 heteroatoms. The predicted octanol–water partition coefficient (Wildman–Crippen LogP) is 8.41. The number of aliphatic hydroxyl groups is 2. The summed E-state index contributed by atoms with van der Waals surface area (Å²) in [5.74, 6) is -0.278. The summed E-state index contributed by atoms with van der Waals surface area (Å²) in [5.41, 5.74) is 0. The molecule has 51 heavy (non-hydrogen) atoms. The van der Waals surface area contributed by atoms with E-state index in [4.69, 9.17) is 9.05 Å². The number of carbonyl (C=O) groups is 1. The lowest BCUT2D eigenvalue weighted by Crippen LogP contribution is -2.45. The quantitative estimate of drug-likeness (QED) is 0.0267. The topological polar surface area (TPSA) is 128 Å². The normalized spacial score (nSPS) is 16.0. The molecule has 1 unspecified atom stereocenters. The number of nitrogens with zero attached hydrogens (tertiary/aromatic N) is 1. The Balaban J connectivity index is 4.66. The second-order valence-corrected chi connectivity index (χ2v) is 15.6. The van der Waals surface area contributed by atoms with Crippen LogP contribution >= 0.6 is 7.82 Å². The zero-order valence-corrected chi connectivity index (χ0v) is 33.5. The van der Waals surface area contributed by atoms with Crippen molar-refractivity contribution >= 4 is 13.7 Å². The van der Waals surface area contributed by atoms with Crippen LogP contribution in [0.15, 0.2) is 72.9 Å². The minimum atomic E-state index is -4.61. The highest BCUT2D eigenvalue weighted by Crippen LogP contribution is 2.38. The van der Waals surface area contributed by atoms with Gasteiger partial charge in [-0.2, -0.15) is 0 Å². The van der Waals surface area contributed by atoms with Crippen molar-refractivity contribution in [2.24, 2.45) is 0 Å². The largest absolute Gasteiger partial charge is 0.756 e. The summed E-state index contributed by atoms with van der Waals surface area (Å²) < 4.78 is 23.0. The van der Waals surface area contributed by atoms with Crippen molar-refractivity contribution < 1.29 is 38.0 Å². The molecule has 0 aliphatic heterocycles. The van der Waals surface area contributed by atoms with Gasteiger partial charge in [-0.15, -0.1) is 0 Å². The Kier molecular flexibility index (Phi) is 31.2. The summed E-state index contributed by atoms with van der Waals surface area (Å²) in [7, 11) is 1.17. The van der Waals surface area contributed by atoms with Crippen LogP contribution in [0.3, 0.4) is 0 Å². The molecule has 0 radical (unpaired) electrons. The number of phosphoric acid groups is 1. The maximum absolute atomic E-state index is 12.8. The minimum absolute atomic E-state index is 0.0263. The molecule has 0 aliphatic rings. The molecule has 0 saturated heterocycles. The lowest BCUT2D eigenvalue weighted by molar-refractivity contribution is -0.870. The molecule has 0 aromatic rings. The van der Waals surface area contributed by atoms with Crippen LogP contribution in [0.4, 0.5) is 0 Å². The molecule has 1 amide bonds. The maximum atomic E-state index is 12.8. The van der Waals surface area contributed by atoms with Crippen molar-refractivity contribution in [3.63, 3.8) is 0 Å². The Bertz CT molecular complexity index is 1080. The van der Waals surface area contributed by atoms with E-state index in [1.54, 1.807) is 6.08 Å². The number of hydrogen-bond acceptors (Lipinski definition) is 7. The fourth-order valence-electron chi connectivity index (χ4n) is 4.76. The van der Waals surface area contributed by atoms with E-state index in [0.717, 1.165) is 64.2 Å². The van der Waals surface area contributed by atoms with Gasteiger partial charge in [-0.3, -0.25) is 9.36 Å². The number of allylic oxidation sites excluding steroid dienone is 11. The van der Waals surface area contributed by atoms with Crippen molar-refractivity contribution in [3.05, 3.63) is 72.9 Å². The third kappa shape index (κ3) is 36.1. The average Bonchev–Trinajstić information content (AvgIpc) is 3.06. The van der Waals surface area contributed by atoms with Gasteiger partial charge in [0.2, 0.25) is 5.91 Å². The summed E-state index contributed by atoms with van der Waals surface area (Å²) in [4.78, 5) is 25.1. The Labute approximate surface area is 311 Å². The SMILES string of the molecule is CCCCCCC/C=C\CC/C=C/[C@@H](O)[C@H](COP(=O)([O-])OCC[N+](C)(C)C)NC(=O)CCC/C=C\C/C=C\C/C=C\C/C=C\CCC[C@H](C)O. The Morgan fingerprint density at radius 3 is 1.88 bits per heavy atom. The first-order valence-electron chi connectivity index (χ1n) is 19.3.